The highest BCUT2D eigenvalue weighted by atomic mass is 16.5. The van der Waals surface area contributed by atoms with Gasteiger partial charge in [0.1, 0.15) is 0 Å². The van der Waals surface area contributed by atoms with E-state index >= 15 is 0 Å². The molecule has 88 valence electrons. The standard InChI is InChI=1S/C14H21NO/c1-10(16-2)7-13(15)9-12-8-11-5-3-4-6-14(11)12/h3-6,10,12-13H,7-9,15H2,1-2H3. The molecule has 16 heavy (non-hydrogen) atoms. The molecule has 0 heterocycles. The van der Waals surface area contributed by atoms with Gasteiger partial charge in [0, 0.05) is 13.2 Å². The molecule has 0 aromatic heterocycles. The zero-order valence-electron chi connectivity index (χ0n) is 10.1. The van der Waals surface area contributed by atoms with Crippen molar-refractivity contribution < 1.29 is 4.74 Å². The first-order valence-corrected chi connectivity index (χ1v) is 6.07. The van der Waals surface area contributed by atoms with E-state index in [9.17, 15) is 0 Å². The molecule has 1 aliphatic carbocycles. The number of fused-ring (bicyclic) bond motifs is 1. The summed E-state index contributed by atoms with van der Waals surface area (Å²) in [6, 6.07) is 8.94. The molecule has 2 nitrogen and oxygen atoms in total. The third kappa shape index (κ3) is 2.45. The Kier molecular flexibility index (Phi) is 3.62. The van der Waals surface area contributed by atoms with Crippen LogP contribution in [0.1, 0.15) is 36.8 Å². The highest BCUT2D eigenvalue weighted by Crippen LogP contribution is 2.38. The minimum atomic E-state index is 0.258. The smallest absolute Gasteiger partial charge is 0.0558 e. The zero-order valence-corrected chi connectivity index (χ0v) is 10.1. The van der Waals surface area contributed by atoms with E-state index in [1.54, 1.807) is 7.11 Å². The molecule has 1 aliphatic rings. The summed E-state index contributed by atoms with van der Waals surface area (Å²) in [5, 5.41) is 0. The maximum Gasteiger partial charge on any atom is 0.0558 e. The highest BCUT2D eigenvalue weighted by Gasteiger charge is 2.27. The largest absolute Gasteiger partial charge is 0.382 e. The van der Waals surface area contributed by atoms with Gasteiger partial charge >= 0.3 is 0 Å². The van der Waals surface area contributed by atoms with Gasteiger partial charge in [-0.3, -0.25) is 0 Å². The Morgan fingerprint density at radius 1 is 1.44 bits per heavy atom. The molecular weight excluding hydrogens is 198 g/mol. The van der Waals surface area contributed by atoms with Crippen LogP contribution in [0.4, 0.5) is 0 Å². The minimum absolute atomic E-state index is 0.258. The second kappa shape index (κ2) is 4.98. The zero-order chi connectivity index (χ0) is 11.5. The number of methoxy groups -OCH3 is 1. The molecule has 0 spiro atoms. The summed E-state index contributed by atoms with van der Waals surface area (Å²) in [5.74, 6) is 0.676. The molecule has 1 aromatic rings. The molecule has 3 atom stereocenters. The van der Waals surface area contributed by atoms with Crippen LogP contribution in [-0.2, 0) is 11.2 Å². The van der Waals surface area contributed by atoms with E-state index in [-0.39, 0.29) is 12.1 Å². The number of rotatable bonds is 5. The summed E-state index contributed by atoms with van der Waals surface area (Å²) in [6.45, 7) is 2.08. The van der Waals surface area contributed by atoms with E-state index < -0.39 is 0 Å². The molecule has 0 saturated carbocycles. The Bertz CT molecular complexity index is 350. The van der Waals surface area contributed by atoms with Crippen LogP contribution in [0.25, 0.3) is 0 Å². The van der Waals surface area contributed by atoms with Crippen molar-refractivity contribution in [3.05, 3.63) is 35.4 Å². The van der Waals surface area contributed by atoms with Gasteiger partial charge in [-0.2, -0.15) is 0 Å². The molecule has 2 N–H and O–H groups in total. The van der Waals surface area contributed by atoms with Gasteiger partial charge in [-0.1, -0.05) is 24.3 Å². The van der Waals surface area contributed by atoms with Crippen molar-refractivity contribution in [3.8, 4) is 0 Å². The summed E-state index contributed by atoms with van der Waals surface area (Å²) in [7, 11) is 1.75. The fraction of sp³-hybridized carbons (Fsp3) is 0.571. The summed E-state index contributed by atoms with van der Waals surface area (Å²) >= 11 is 0. The molecule has 0 saturated heterocycles. The lowest BCUT2D eigenvalue weighted by Gasteiger charge is -2.32. The average molecular weight is 219 g/mol. The quantitative estimate of drug-likeness (QED) is 0.825. The van der Waals surface area contributed by atoms with E-state index in [2.05, 4.69) is 31.2 Å². The third-order valence-electron chi connectivity index (χ3n) is 3.59. The van der Waals surface area contributed by atoms with Gasteiger partial charge in [0.15, 0.2) is 0 Å². The Hall–Kier alpha value is -0.860. The van der Waals surface area contributed by atoms with Gasteiger partial charge in [-0.15, -0.1) is 0 Å². The van der Waals surface area contributed by atoms with Crippen molar-refractivity contribution in [3.63, 3.8) is 0 Å². The molecule has 1 aromatic carbocycles. The van der Waals surface area contributed by atoms with Gasteiger partial charge in [0.05, 0.1) is 6.10 Å². The second-order valence-electron chi connectivity index (χ2n) is 4.88. The average Bonchev–Trinajstić information content (AvgIpc) is 2.26. The lowest BCUT2D eigenvalue weighted by atomic mass is 9.74. The maximum atomic E-state index is 6.14. The third-order valence-corrected chi connectivity index (χ3v) is 3.59. The lowest BCUT2D eigenvalue weighted by Crippen LogP contribution is -2.31. The molecule has 0 radical (unpaired) electrons. The van der Waals surface area contributed by atoms with Crippen LogP contribution in [0.3, 0.4) is 0 Å². The highest BCUT2D eigenvalue weighted by molar-refractivity contribution is 5.39. The number of ether oxygens (including phenoxy) is 1. The first kappa shape index (κ1) is 11.6. The molecule has 0 fully saturated rings. The fourth-order valence-electron chi connectivity index (χ4n) is 2.56. The van der Waals surface area contributed by atoms with Crippen molar-refractivity contribution in [1.82, 2.24) is 0 Å². The van der Waals surface area contributed by atoms with Crippen LogP contribution in [0, 0.1) is 0 Å². The number of hydrogen-bond acceptors (Lipinski definition) is 2. The van der Waals surface area contributed by atoms with E-state index in [0.717, 1.165) is 12.8 Å². The van der Waals surface area contributed by atoms with Gasteiger partial charge in [-0.05, 0) is 43.2 Å². The van der Waals surface area contributed by atoms with Crippen LogP contribution in [-0.4, -0.2) is 19.3 Å². The summed E-state index contributed by atoms with van der Waals surface area (Å²) in [5.41, 5.74) is 9.14. The summed E-state index contributed by atoms with van der Waals surface area (Å²) in [6.07, 6.45) is 3.51. The van der Waals surface area contributed by atoms with Crippen LogP contribution in [0.2, 0.25) is 0 Å². The fourth-order valence-corrected chi connectivity index (χ4v) is 2.56. The van der Waals surface area contributed by atoms with Gasteiger partial charge in [-0.25, -0.2) is 0 Å². The van der Waals surface area contributed by atoms with Crippen molar-refractivity contribution in [2.45, 2.75) is 44.2 Å². The molecule has 0 bridgehead atoms. The van der Waals surface area contributed by atoms with Crippen LogP contribution < -0.4 is 5.73 Å². The van der Waals surface area contributed by atoms with Gasteiger partial charge in [0.2, 0.25) is 0 Å². The molecule has 0 aliphatic heterocycles. The first-order valence-electron chi connectivity index (χ1n) is 6.07. The SMILES string of the molecule is COC(C)CC(N)CC1Cc2ccccc21. The van der Waals surface area contributed by atoms with Crippen LogP contribution in [0.15, 0.2) is 24.3 Å². The molecule has 0 amide bonds. The molecule has 2 heteroatoms. The van der Waals surface area contributed by atoms with Crippen molar-refractivity contribution in [2.24, 2.45) is 5.73 Å². The second-order valence-corrected chi connectivity index (χ2v) is 4.88. The molecule has 3 unspecified atom stereocenters. The van der Waals surface area contributed by atoms with Crippen molar-refractivity contribution >= 4 is 0 Å². The van der Waals surface area contributed by atoms with Gasteiger partial charge < -0.3 is 10.5 Å². The van der Waals surface area contributed by atoms with E-state index in [0.29, 0.717) is 5.92 Å². The Morgan fingerprint density at radius 2 is 2.19 bits per heavy atom. The summed E-state index contributed by atoms with van der Waals surface area (Å²) < 4.78 is 5.24. The minimum Gasteiger partial charge on any atom is -0.382 e. The van der Waals surface area contributed by atoms with E-state index in [4.69, 9.17) is 10.5 Å². The van der Waals surface area contributed by atoms with Crippen LogP contribution in [0.5, 0.6) is 0 Å². The Morgan fingerprint density at radius 3 is 2.88 bits per heavy atom. The predicted octanol–water partition coefficient (Wildman–Crippen LogP) is 2.47. The molecular formula is C14H21NO. The topological polar surface area (TPSA) is 35.2 Å². The van der Waals surface area contributed by atoms with Crippen molar-refractivity contribution in [2.75, 3.05) is 7.11 Å². The number of nitrogens with two attached hydrogens (primary N) is 1. The lowest BCUT2D eigenvalue weighted by molar-refractivity contribution is 0.103. The maximum absolute atomic E-state index is 6.14. The van der Waals surface area contributed by atoms with Crippen molar-refractivity contribution in [1.29, 1.82) is 0 Å². The number of benzene rings is 1. The van der Waals surface area contributed by atoms with Crippen LogP contribution >= 0.6 is 0 Å². The predicted molar refractivity (Wildman–Crippen MR) is 66.6 cm³/mol. The molecule has 2 rings (SSSR count). The Labute approximate surface area is 97.8 Å². The first-order chi connectivity index (χ1) is 7.70. The Balaban J connectivity index is 1.85. The monoisotopic (exact) mass is 219 g/mol. The summed E-state index contributed by atoms with van der Waals surface area (Å²) in [4.78, 5) is 0. The van der Waals surface area contributed by atoms with Gasteiger partial charge in [0.25, 0.3) is 0 Å². The normalized spacial score (nSPS) is 22.1. The van der Waals surface area contributed by atoms with E-state index in [1.807, 2.05) is 0 Å². The number of hydrogen-bond donors (Lipinski definition) is 1. The van der Waals surface area contributed by atoms with E-state index in [1.165, 1.54) is 17.5 Å².